The molecule has 1 fully saturated rings. The third-order valence-corrected chi connectivity index (χ3v) is 6.38. The van der Waals surface area contributed by atoms with Crippen LogP contribution in [0.4, 0.5) is 4.39 Å². The monoisotopic (exact) mass is 460 g/mol. The van der Waals surface area contributed by atoms with Gasteiger partial charge >= 0.3 is 0 Å². The number of hydrogen-bond acceptors (Lipinski definition) is 5. The molecule has 1 aliphatic heterocycles. The first kappa shape index (κ1) is 21.9. The smallest absolute Gasteiger partial charge is 0.283 e. The van der Waals surface area contributed by atoms with E-state index >= 15 is 0 Å². The highest BCUT2D eigenvalue weighted by molar-refractivity contribution is 5.76. The van der Waals surface area contributed by atoms with Crippen molar-refractivity contribution in [3.8, 4) is 0 Å². The van der Waals surface area contributed by atoms with Gasteiger partial charge in [-0.25, -0.2) is 14.1 Å². The molecule has 8 nitrogen and oxygen atoms in total. The Morgan fingerprint density at radius 3 is 2.47 bits per heavy atom. The Morgan fingerprint density at radius 1 is 1.00 bits per heavy atom. The van der Waals surface area contributed by atoms with Crippen molar-refractivity contribution in [2.75, 3.05) is 13.1 Å². The van der Waals surface area contributed by atoms with Gasteiger partial charge in [-0.1, -0.05) is 47.7 Å². The van der Waals surface area contributed by atoms with Gasteiger partial charge < -0.3 is 4.90 Å². The van der Waals surface area contributed by atoms with E-state index in [9.17, 15) is 14.0 Å². The molecule has 0 aliphatic carbocycles. The van der Waals surface area contributed by atoms with Crippen LogP contribution < -0.4 is 5.56 Å². The van der Waals surface area contributed by atoms with Gasteiger partial charge in [0.2, 0.25) is 5.91 Å². The quantitative estimate of drug-likeness (QED) is 0.442. The maximum absolute atomic E-state index is 13.1. The number of hydrogen-bond donors (Lipinski definition) is 0. The first-order valence-corrected chi connectivity index (χ1v) is 11.4. The van der Waals surface area contributed by atoms with Crippen LogP contribution in [-0.2, 0) is 24.3 Å². The van der Waals surface area contributed by atoms with Crippen LogP contribution in [0.1, 0.15) is 24.0 Å². The highest BCUT2D eigenvalue weighted by Crippen LogP contribution is 2.22. The number of halogens is 1. The van der Waals surface area contributed by atoms with Gasteiger partial charge in [0.1, 0.15) is 18.7 Å². The molecule has 4 aromatic rings. The van der Waals surface area contributed by atoms with Crippen LogP contribution in [0.15, 0.2) is 65.7 Å². The van der Waals surface area contributed by atoms with Gasteiger partial charge in [0.15, 0.2) is 11.2 Å². The van der Waals surface area contributed by atoms with Crippen LogP contribution in [0, 0.1) is 11.7 Å². The number of rotatable bonds is 6. The zero-order valence-corrected chi connectivity index (χ0v) is 18.7. The molecule has 174 valence electrons. The molecule has 1 aliphatic rings. The van der Waals surface area contributed by atoms with Gasteiger partial charge in [-0.15, -0.1) is 5.10 Å². The van der Waals surface area contributed by atoms with Gasteiger partial charge in [0.05, 0.1) is 6.54 Å². The third-order valence-electron chi connectivity index (χ3n) is 6.38. The summed E-state index contributed by atoms with van der Waals surface area (Å²) in [6.45, 7) is 1.61. The number of amides is 1. The Balaban J connectivity index is 1.22. The molecule has 0 N–H and O–H groups in total. The van der Waals surface area contributed by atoms with Crippen molar-refractivity contribution >= 4 is 17.1 Å². The van der Waals surface area contributed by atoms with Crippen LogP contribution in [0.5, 0.6) is 0 Å². The summed E-state index contributed by atoms with van der Waals surface area (Å²) in [7, 11) is 0. The number of carbonyl (C=O) groups excluding carboxylic acids is 1. The van der Waals surface area contributed by atoms with E-state index in [0.29, 0.717) is 31.2 Å². The van der Waals surface area contributed by atoms with Crippen molar-refractivity contribution < 1.29 is 9.18 Å². The topological polar surface area (TPSA) is 85.9 Å². The van der Waals surface area contributed by atoms with Crippen LogP contribution in [-0.4, -0.2) is 48.4 Å². The molecule has 1 amide bonds. The minimum Gasteiger partial charge on any atom is -0.341 e. The number of benzene rings is 2. The largest absolute Gasteiger partial charge is 0.341 e. The molecule has 0 radical (unpaired) electrons. The van der Waals surface area contributed by atoms with E-state index < -0.39 is 5.56 Å². The summed E-state index contributed by atoms with van der Waals surface area (Å²) in [5.74, 6) is 0.141. The molecule has 2 aromatic heterocycles. The number of carbonyl (C=O) groups is 1. The number of aromatic nitrogens is 5. The molecule has 3 heterocycles. The molecule has 0 spiro atoms. The first-order valence-electron chi connectivity index (χ1n) is 11.4. The van der Waals surface area contributed by atoms with Gasteiger partial charge in [0, 0.05) is 13.1 Å². The fraction of sp³-hybridized carbons (Fsp3) is 0.320. The summed E-state index contributed by atoms with van der Waals surface area (Å²) in [6, 6.07) is 16.4. The Morgan fingerprint density at radius 2 is 1.74 bits per heavy atom. The second-order valence-electron chi connectivity index (χ2n) is 8.74. The zero-order chi connectivity index (χ0) is 23.5. The van der Waals surface area contributed by atoms with E-state index in [1.54, 1.807) is 12.1 Å². The molecule has 0 saturated carbocycles. The first-order chi connectivity index (χ1) is 16.6. The summed E-state index contributed by atoms with van der Waals surface area (Å²) in [5.41, 5.74) is 2.18. The molecular weight excluding hydrogens is 435 g/mol. The van der Waals surface area contributed by atoms with E-state index in [2.05, 4.69) is 39.6 Å². The average Bonchev–Trinajstić information content (AvgIpc) is 3.27. The fourth-order valence-electron chi connectivity index (χ4n) is 4.45. The molecule has 1 saturated heterocycles. The summed E-state index contributed by atoms with van der Waals surface area (Å²) < 4.78 is 15.9. The van der Waals surface area contributed by atoms with Crippen molar-refractivity contribution in [3.05, 3.63) is 88.2 Å². The Hall–Kier alpha value is -3.88. The van der Waals surface area contributed by atoms with E-state index in [-0.39, 0.29) is 23.8 Å². The standard InChI is InChI=1S/C25H25FN6O2/c26-21-8-6-20(7-9-21)15-32-24-23(28-29-32)25(34)31(17-27-24)16-22(33)30-12-10-19(11-13-30)14-18-4-2-1-3-5-18/h1-9,17,19H,10-16H2. The molecule has 5 rings (SSSR count). The molecule has 0 atom stereocenters. The average molecular weight is 461 g/mol. The minimum absolute atomic E-state index is 0.0735. The molecule has 0 unspecified atom stereocenters. The maximum atomic E-state index is 13.1. The van der Waals surface area contributed by atoms with Gasteiger partial charge in [-0.05, 0) is 48.4 Å². The lowest BCUT2D eigenvalue weighted by molar-refractivity contribution is -0.133. The van der Waals surface area contributed by atoms with Crippen LogP contribution >= 0.6 is 0 Å². The fourth-order valence-corrected chi connectivity index (χ4v) is 4.45. The molecule has 34 heavy (non-hydrogen) atoms. The lowest BCUT2D eigenvalue weighted by Gasteiger charge is -2.32. The predicted octanol–water partition coefficient (Wildman–Crippen LogP) is 2.66. The van der Waals surface area contributed by atoms with Crippen molar-refractivity contribution in [2.24, 2.45) is 5.92 Å². The van der Waals surface area contributed by atoms with Crippen molar-refractivity contribution in [3.63, 3.8) is 0 Å². The second kappa shape index (κ2) is 9.54. The van der Waals surface area contributed by atoms with E-state index in [1.807, 2.05) is 11.0 Å². The zero-order valence-electron chi connectivity index (χ0n) is 18.7. The van der Waals surface area contributed by atoms with Crippen molar-refractivity contribution in [1.29, 1.82) is 0 Å². The lowest BCUT2D eigenvalue weighted by atomic mass is 9.90. The van der Waals surface area contributed by atoms with E-state index in [4.69, 9.17) is 0 Å². The van der Waals surface area contributed by atoms with Crippen molar-refractivity contribution in [1.82, 2.24) is 29.4 Å². The van der Waals surface area contributed by atoms with Gasteiger partial charge in [-0.2, -0.15) is 0 Å². The summed E-state index contributed by atoms with van der Waals surface area (Å²) in [4.78, 5) is 31.9. The maximum Gasteiger partial charge on any atom is 0.283 e. The molecule has 9 heteroatoms. The number of piperidine rings is 1. The number of likely N-dealkylation sites (tertiary alicyclic amines) is 1. The highest BCUT2D eigenvalue weighted by atomic mass is 19.1. The highest BCUT2D eigenvalue weighted by Gasteiger charge is 2.24. The normalized spacial score (nSPS) is 14.6. The molecule has 2 aromatic carbocycles. The molecular formula is C25H25FN6O2. The van der Waals surface area contributed by atoms with Crippen molar-refractivity contribution in [2.45, 2.75) is 32.4 Å². The van der Waals surface area contributed by atoms with Crippen LogP contribution in [0.3, 0.4) is 0 Å². The Bertz CT molecular complexity index is 1340. The van der Waals surface area contributed by atoms with Gasteiger partial charge in [0.25, 0.3) is 5.56 Å². The summed E-state index contributed by atoms with van der Waals surface area (Å²) >= 11 is 0. The Kier molecular flexibility index (Phi) is 6.16. The SMILES string of the molecule is O=C(Cn1cnc2c(nnn2Cc2ccc(F)cc2)c1=O)N1CCC(Cc2ccccc2)CC1. The van der Waals surface area contributed by atoms with Crippen LogP contribution in [0.2, 0.25) is 0 Å². The van der Waals surface area contributed by atoms with Gasteiger partial charge in [-0.3, -0.25) is 14.2 Å². The third kappa shape index (κ3) is 4.73. The predicted molar refractivity (Wildman–Crippen MR) is 125 cm³/mol. The number of fused-ring (bicyclic) bond motifs is 1. The minimum atomic E-state index is -0.400. The second-order valence-corrected chi connectivity index (χ2v) is 8.74. The summed E-state index contributed by atoms with van der Waals surface area (Å²) in [5, 5.41) is 8.01. The number of nitrogens with zero attached hydrogens (tertiary/aromatic N) is 6. The van der Waals surface area contributed by atoms with E-state index in [1.165, 1.54) is 33.3 Å². The van der Waals surface area contributed by atoms with Crippen LogP contribution in [0.25, 0.3) is 11.2 Å². The summed E-state index contributed by atoms with van der Waals surface area (Å²) in [6.07, 6.45) is 4.29. The molecule has 0 bridgehead atoms. The Labute approximate surface area is 195 Å². The van der Waals surface area contributed by atoms with E-state index in [0.717, 1.165) is 24.8 Å². The lowest BCUT2D eigenvalue weighted by Crippen LogP contribution is -2.42.